The van der Waals surface area contributed by atoms with Crippen LogP contribution in [0.5, 0.6) is 0 Å². The third-order valence-corrected chi connectivity index (χ3v) is 6.01. The van der Waals surface area contributed by atoms with Crippen molar-refractivity contribution in [2.75, 3.05) is 5.32 Å². The van der Waals surface area contributed by atoms with Gasteiger partial charge in [0.05, 0.1) is 5.56 Å². The van der Waals surface area contributed by atoms with E-state index in [1.807, 2.05) is 0 Å². The van der Waals surface area contributed by atoms with Crippen LogP contribution in [0.2, 0.25) is 0 Å². The molecule has 3 rings (SSSR count). The van der Waals surface area contributed by atoms with E-state index in [0.29, 0.717) is 16.5 Å². The first-order valence-electron chi connectivity index (χ1n) is 9.17. The van der Waals surface area contributed by atoms with Gasteiger partial charge in [-0.2, -0.15) is 0 Å². The van der Waals surface area contributed by atoms with Gasteiger partial charge in [-0.05, 0) is 54.5 Å². The number of carbonyl (C=O) groups excluding carboxylic acids is 2. The third-order valence-electron chi connectivity index (χ3n) is 4.84. The normalized spacial score (nSPS) is 16.3. The largest absolute Gasteiger partial charge is 0.365 e. The summed E-state index contributed by atoms with van der Waals surface area (Å²) in [7, 11) is 0. The van der Waals surface area contributed by atoms with Gasteiger partial charge >= 0.3 is 0 Å². The molecular formula is C21H23FN2O2S. The Morgan fingerprint density at radius 2 is 2.07 bits per heavy atom. The van der Waals surface area contributed by atoms with Crippen LogP contribution < -0.4 is 11.1 Å². The van der Waals surface area contributed by atoms with Crippen LogP contribution in [0, 0.1) is 11.7 Å². The van der Waals surface area contributed by atoms with Crippen molar-refractivity contribution in [1.82, 2.24) is 0 Å². The van der Waals surface area contributed by atoms with Crippen LogP contribution >= 0.6 is 11.3 Å². The number of carbonyl (C=O) groups is 2. The van der Waals surface area contributed by atoms with Gasteiger partial charge in [0.25, 0.3) is 5.91 Å². The van der Waals surface area contributed by atoms with E-state index in [2.05, 4.69) is 12.2 Å². The number of amides is 2. The number of halogens is 1. The molecule has 0 aliphatic heterocycles. The van der Waals surface area contributed by atoms with E-state index in [-0.39, 0.29) is 11.7 Å². The average molecular weight is 386 g/mol. The van der Waals surface area contributed by atoms with Gasteiger partial charge in [0.15, 0.2) is 0 Å². The Morgan fingerprint density at radius 1 is 1.33 bits per heavy atom. The van der Waals surface area contributed by atoms with Gasteiger partial charge in [0, 0.05) is 11.0 Å². The Balaban J connectivity index is 1.77. The fraction of sp³-hybridized carbons (Fsp3) is 0.333. The summed E-state index contributed by atoms with van der Waals surface area (Å²) in [5.74, 6) is -0.540. The summed E-state index contributed by atoms with van der Waals surface area (Å²) in [6, 6.07) is 5.85. The number of hydrogen-bond donors (Lipinski definition) is 2. The number of anilines is 1. The number of hydrogen-bond acceptors (Lipinski definition) is 3. The highest BCUT2D eigenvalue weighted by molar-refractivity contribution is 7.17. The van der Waals surface area contributed by atoms with E-state index in [9.17, 15) is 14.0 Å². The number of fused-ring (bicyclic) bond motifs is 1. The Kier molecular flexibility index (Phi) is 6.06. The van der Waals surface area contributed by atoms with Crippen molar-refractivity contribution < 1.29 is 14.0 Å². The highest BCUT2D eigenvalue weighted by Crippen LogP contribution is 2.40. The lowest BCUT2D eigenvalue weighted by Gasteiger charge is -2.21. The van der Waals surface area contributed by atoms with Crippen molar-refractivity contribution in [3.05, 3.63) is 57.7 Å². The monoisotopic (exact) mass is 386 g/mol. The zero-order valence-corrected chi connectivity index (χ0v) is 16.1. The van der Waals surface area contributed by atoms with Gasteiger partial charge in [-0.15, -0.1) is 11.3 Å². The molecule has 1 aliphatic carbocycles. The van der Waals surface area contributed by atoms with Gasteiger partial charge in [0.1, 0.15) is 10.8 Å². The summed E-state index contributed by atoms with van der Waals surface area (Å²) in [5, 5.41) is 3.32. The van der Waals surface area contributed by atoms with Crippen LogP contribution in [0.3, 0.4) is 0 Å². The molecule has 1 atom stereocenters. The van der Waals surface area contributed by atoms with Crippen molar-refractivity contribution in [3.63, 3.8) is 0 Å². The molecule has 1 unspecified atom stereocenters. The molecule has 1 aromatic carbocycles. The second-order valence-electron chi connectivity index (χ2n) is 6.84. The molecule has 1 aliphatic rings. The molecule has 2 aromatic rings. The summed E-state index contributed by atoms with van der Waals surface area (Å²) in [6.45, 7) is 2.18. The molecule has 3 N–H and O–H groups in total. The van der Waals surface area contributed by atoms with Crippen LogP contribution in [0.15, 0.2) is 30.3 Å². The molecular weight excluding hydrogens is 363 g/mol. The zero-order chi connectivity index (χ0) is 19.4. The lowest BCUT2D eigenvalue weighted by Crippen LogP contribution is -2.19. The predicted molar refractivity (Wildman–Crippen MR) is 107 cm³/mol. The molecule has 1 aromatic heterocycles. The minimum atomic E-state index is -0.501. The Bertz CT molecular complexity index is 871. The van der Waals surface area contributed by atoms with Crippen LogP contribution in [0.1, 0.15) is 52.5 Å². The number of benzene rings is 1. The maximum absolute atomic E-state index is 12.9. The number of nitrogens with one attached hydrogen (secondary N) is 1. The first-order valence-corrected chi connectivity index (χ1v) is 9.98. The number of nitrogens with two attached hydrogens (primary N) is 1. The smallest absolute Gasteiger partial charge is 0.251 e. The van der Waals surface area contributed by atoms with Gasteiger partial charge in [0.2, 0.25) is 5.91 Å². The molecule has 0 fully saturated rings. The van der Waals surface area contributed by atoms with Crippen molar-refractivity contribution in [3.8, 4) is 0 Å². The van der Waals surface area contributed by atoms with Gasteiger partial charge in [-0.25, -0.2) is 4.39 Å². The standard InChI is InChI=1S/C21H23FN2O2S/c1-2-3-14-6-10-16-17(12-14)27-21(19(16)20(23)26)24-18(25)11-7-13-4-8-15(22)9-5-13/h4-5,7-9,11,14H,2-3,6,10,12H2,1H3,(H2,23,26)(H,24,25)/b11-7+. The zero-order valence-electron chi connectivity index (χ0n) is 15.3. The van der Waals surface area contributed by atoms with Crippen molar-refractivity contribution in [2.24, 2.45) is 11.7 Å². The minimum absolute atomic E-state index is 0.326. The Morgan fingerprint density at radius 3 is 2.74 bits per heavy atom. The second kappa shape index (κ2) is 8.48. The molecule has 0 bridgehead atoms. The summed E-state index contributed by atoms with van der Waals surface area (Å²) >= 11 is 1.46. The Labute approximate surface area is 162 Å². The fourth-order valence-corrected chi connectivity index (χ4v) is 4.93. The molecule has 0 saturated carbocycles. The molecule has 0 saturated heterocycles. The quantitative estimate of drug-likeness (QED) is 0.715. The van der Waals surface area contributed by atoms with Crippen LogP contribution in [0.25, 0.3) is 6.08 Å². The minimum Gasteiger partial charge on any atom is -0.365 e. The number of primary amides is 1. The van der Waals surface area contributed by atoms with Gasteiger partial charge in [-0.1, -0.05) is 31.9 Å². The predicted octanol–water partition coefficient (Wildman–Crippen LogP) is 4.54. The van der Waals surface area contributed by atoms with E-state index < -0.39 is 5.91 Å². The molecule has 1 heterocycles. The summed E-state index contributed by atoms with van der Waals surface area (Å²) < 4.78 is 12.9. The SMILES string of the molecule is CCCC1CCc2c(sc(NC(=O)/C=C/c3ccc(F)cc3)c2C(N)=O)C1. The molecule has 0 radical (unpaired) electrons. The lowest BCUT2D eigenvalue weighted by atomic mass is 9.84. The average Bonchev–Trinajstić information content (AvgIpc) is 2.98. The molecule has 2 amide bonds. The number of rotatable bonds is 6. The van der Waals surface area contributed by atoms with Crippen molar-refractivity contribution >= 4 is 34.2 Å². The third kappa shape index (κ3) is 4.63. The second-order valence-corrected chi connectivity index (χ2v) is 7.95. The highest BCUT2D eigenvalue weighted by Gasteiger charge is 2.28. The maximum atomic E-state index is 12.9. The van der Waals surface area contributed by atoms with E-state index in [1.54, 1.807) is 18.2 Å². The fourth-order valence-electron chi connectivity index (χ4n) is 3.56. The van der Waals surface area contributed by atoms with Crippen LogP contribution in [-0.2, 0) is 17.6 Å². The maximum Gasteiger partial charge on any atom is 0.251 e. The first-order chi connectivity index (χ1) is 13.0. The van der Waals surface area contributed by atoms with E-state index in [4.69, 9.17) is 5.73 Å². The summed E-state index contributed by atoms with van der Waals surface area (Å²) in [5.41, 5.74) is 7.76. The molecule has 27 heavy (non-hydrogen) atoms. The van der Waals surface area contributed by atoms with Gasteiger partial charge < -0.3 is 11.1 Å². The van der Waals surface area contributed by atoms with E-state index in [0.717, 1.165) is 41.7 Å². The molecule has 4 nitrogen and oxygen atoms in total. The topological polar surface area (TPSA) is 72.2 Å². The summed E-state index contributed by atoms with van der Waals surface area (Å²) in [6.07, 6.45) is 8.11. The van der Waals surface area contributed by atoms with Crippen LogP contribution in [0.4, 0.5) is 9.39 Å². The summed E-state index contributed by atoms with van der Waals surface area (Å²) in [4.78, 5) is 25.4. The number of thiophene rings is 1. The van der Waals surface area contributed by atoms with Crippen molar-refractivity contribution in [1.29, 1.82) is 0 Å². The van der Waals surface area contributed by atoms with Crippen molar-refractivity contribution in [2.45, 2.75) is 39.0 Å². The first kappa shape index (κ1) is 19.3. The lowest BCUT2D eigenvalue weighted by molar-refractivity contribution is -0.111. The molecule has 6 heteroatoms. The van der Waals surface area contributed by atoms with E-state index >= 15 is 0 Å². The van der Waals surface area contributed by atoms with Gasteiger partial charge in [-0.3, -0.25) is 9.59 Å². The van der Waals surface area contributed by atoms with Crippen LogP contribution in [-0.4, -0.2) is 11.8 Å². The highest BCUT2D eigenvalue weighted by atomic mass is 32.1. The Hall–Kier alpha value is -2.47. The van der Waals surface area contributed by atoms with E-state index in [1.165, 1.54) is 36.0 Å². The molecule has 142 valence electrons. The molecule has 0 spiro atoms.